The average Bonchev–Trinajstić information content (AvgIpc) is 2.87. The largest absolute Gasteiger partial charge is 0.481 e. The highest BCUT2D eigenvalue weighted by molar-refractivity contribution is 5.93. The SMILES string of the molecule is CN1CC[C@H]2CN(C(=O)c3ncccc3F)C[C@@]2(C(=O)O)C1. The van der Waals surface area contributed by atoms with Crippen molar-refractivity contribution in [2.45, 2.75) is 6.42 Å². The lowest BCUT2D eigenvalue weighted by molar-refractivity contribution is -0.153. The van der Waals surface area contributed by atoms with Crippen LogP contribution in [-0.4, -0.2) is 65.0 Å². The molecule has 2 aliphatic rings. The Bertz CT molecular complexity index is 624. The summed E-state index contributed by atoms with van der Waals surface area (Å²) in [6, 6.07) is 2.60. The number of carboxylic acids is 1. The van der Waals surface area contributed by atoms with Gasteiger partial charge in [0.15, 0.2) is 11.5 Å². The molecule has 0 radical (unpaired) electrons. The molecule has 2 saturated heterocycles. The molecule has 2 aliphatic heterocycles. The van der Waals surface area contributed by atoms with E-state index in [1.165, 1.54) is 23.2 Å². The molecule has 7 heteroatoms. The van der Waals surface area contributed by atoms with Crippen molar-refractivity contribution >= 4 is 11.9 Å². The predicted molar refractivity (Wildman–Crippen MR) is 75.8 cm³/mol. The van der Waals surface area contributed by atoms with Crippen molar-refractivity contribution in [3.05, 3.63) is 29.8 Å². The number of halogens is 1. The molecule has 0 aliphatic carbocycles. The molecular formula is C15H18FN3O3. The van der Waals surface area contributed by atoms with Gasteiger partial charge in [0.05, 0.1) is 0 Å². The van der Waals surface area contributed by atoms with Gasteiger partial charge in [-0.1, -0.05) is 0 Å². The van der Waals surface area contributed by atoms with E-state index in [-0.39, 0.29) is 18.2 Å². The van der Waals surface area contributed by atoms with Crippen LogP contribution in [-0.2, 0) is 4.79 Å². The number of nitrogens with zero attached hydrogens (tertiary/aromatic N) is 3. The Balaban J connectivity index is 1.88. The Kier molecular flexibility index (Phi) is 3.60. The van der Waals surface area contributed by atoms with Crippen LogP contribution in [0.15, 0.2) is 18.3 Å². The fourth-order valence-electron chi connectivity index (χ4n) is 3.62. The summed E-state index contributed by atoms with van der Waals surface area (Å²) in [5.74, 6) is -2.20. The van der Waals surface area contributed by atoms with Crippen LogP contribution >= 0.6 is 0 Å². The third kappa shape index (κ3) is 2.25. The number of hydrogen-bond acceptors (Lipinski definition) is 4. The lowest BCUT2D eigenvalue weighted by Gasteiger charge is -2.39. The maximum atomic E-state index is 13.7. The fourth-order valence-corrected chi connectivity index (χ4v) is 3.62. The van der Waals surface area contributed by atoms with Gasteiger partial charge >= 0.3 is 5.97 Å². The van der Waals surface area contributed by atoms with Crippen molar-refractivity contribution in [3.63, 3.8) is 0 Å². The van der Waals surface area contributed by atoms with E-state index in [9.17, 15) is 19.1 Å². The van der Waals surface area contributed by atoms with Crippen LogP contribution in [0.2, 0.25) is 0 Å². The maximum absolute atomic E-state index is 13.7. The molecular weight excluding hydrogens is 289 g/mol. The second kappa shape index (κ2) is 5.31. The number of rotatable bonds is 2. The highest BCUT2D eigenvalue weighted by Crippen LogP contribution is 2.42. The minimum absolute atomic E-state index is 0.100. The standard InChI is InChI=1S/C15H18FN3O3/c1-18-6-4-10-7-19(9-15(10,8-18)14(21)22)13(20)12-11(16)3-2-5-17-12/h2-3,5,10H,4,6-9H2,1H3,(H,21,22)/t10-,15-/m0/s1. The van der Waals surface area contributed by atoms with E-state index in [1.807, 2.05) is 11.9 Å². The number of carbonyl (C=O) groups excluding carboxylic acids is 1. The first-order chi connectivity index (χ1) is 10.4. The predicted octanol–water partition coefficient (Wildman–Crippen LogP) is 0.699. The fraction of sp³-hybridized carbons (Fsp3) is 0.533. The van der Waals surface area contributed by atoms with Crippen molar-refractivity contribution in [2.24, 2.45) is 11.3 Å². The molecule has 0 spiro atoms. The molecule has 1 aromatic rings. The number of hydrogen-bond donors (Lipinski definition) is 1. The van der Waals surface area contributed by atoms with Crippen LogP contribution in [0.4, 0.5) is 4.39 Å². The Labute approximate surface area is 127 Å². The Morgan fingerprint density at radius 2 is 2.23 bits per heavy atom. The number of piperidine rings is 1. The number of carboxylic acid groups (broad SMARTS) is 1. The van der Waals surface area contributed by atoms with Gasteiger partial charge in [0.2, 0.25) is 0 Å². The number of carbonyl (C=O) groups is 2. The van der Waals surface area contributed by atoms with Crippen LogP contribution in [0.25, 0.3) is 0 Å². The van der Waals surface area contributed by atoms with Gasteiger partial charge in [-0.25, -0.2) is 9.37 Å². The molecule has 2 atom stereocenters. The van der Waals surface area contributed by atoms with E-state index in [4.69, 9.17) is 0 Å². The number of amides is 1. The zero-order valence-corrected chi connectivity index (χ0v) is 12.3. The minimum atomic E-state index is -0.964. The van der Waals surface area contributed by atoms with E-state index in [0.29, 0.717) is 13.1 Å². The van der Waals surface area contributed by atoms with E-state index in [0.717, 1.165) is 13.0 Å². The van der Waals surface area contributed by atoms with Gasteiger partial charge in [0, 0.05) is 25.8 Å². The second-order valence-electron chi connectivity index (χ2n) is 6.20. The van der Waals surface area contributed by atoms with Gasteiger partial charge < -0.3 is 14.9 Å². The molecule has 1 N–H and O–H groups in total. The zero-order valence-electron chi connectivity index (χ0n) is 12.3. The molecule has 1 amide bonds. The molecule has 3 heterocycles. The smallest absolute Gasteiger partial charge is 0.313 e. The summed E-state index contributed by atoms with van der Waals surface area (Å²) in [7, 11) is 1.88. The van der Waals surface area contributed by atoms with Crippen molar-refractivity contribution < 1.29 is 19.1 Å². The molecule has 1 aromatic heterocycles. The third-order valence-corrected chi connectivity index (χ3v) is 4.78. The molecule has 2 fully saturated rings. The Morgan fingerprint density at radius 1 is 1.45 bits per heavy atom. The highest BCUT2D eigenvalue weighted by Gasteiger charge is 2.55. The van der Waals surface area contributed by atoms with Gasteiger partial charge in [-0.05, 0) is 38.1 Å². The topological polar surface area (TPSA) is 73.7 Å². The first-order valence-electron chi connectivity index (χ1n) is 7.26. The first kappa shape index (κ1) is 14.9. The summed E-state index contributed by atoms with van der Waals surface area (Å²) < 4.78 is 13.7. The lowest BCUT2D eigenvalue weighted by Crippen LogP contribution is -2.52. The van der Waals surface area contributed by atoms with Gasteiger partial charge in [-0.3, -0.25) is 9.59 Å². The molecule has 22 heavy (non-hydrogen) atoms. The number of pyridine rings is 1. The van der Waals surface area contributed by atoms with Crippen molar-refractivity contribution in [3.8, 4) is 0 Å². The van der Waals surface area contributed by atoms with Crippen LogP contribution in [0.1, 0.15) is 16.9 Å². The highest BCUT2D eigenvalue weighted by atomic mass is 19.1. The Hall–Kier alpha value is -2.02. The summed E-state index contributed by atoms with van der Waals surface area (Å²) >= 11 is 0. The van der Waals surface area contributed by atoms with Crippen molar-refractivity contribution in [1.29, 1.82) is 0 Å². The molecule has 0 aromatic carbocycles. The normalized spacial score (nSPS) is 28.5. The van der Waals surface area contributed by atoms with Crippen molar-refractivity contribution in [2.75, 3.05) is 33.2 Å². The molecule has 118 valence electrons. The molecule has 0 unspecified atom stereocenters. The Morgan fingerprint density at radius 3 is 2.91 bits per heavy atom. The quantitative estimate of drug-likeness (QED) is 0.870. The molecule has 6 nitrogen and oxygen atoms in total. The van der Waals surface area contributed by atoms with Crippen LogP contribution < -0.4 is 0 Å². The van der Waals surface area contributed by atoms with E-state index in [1.54, 1.807) is 0 Å². The van der Waals surface area contributed by atoms with Crippen LogP contribution in [0.5, 0.6) is 0 Å². The van der Waals surface area contributed by atoms with Gasteiger partial charge in [-0.2, -0.15) is 0 Å². The molecule has 0 bridgehead atoms. The van der Waals surface area contributed by atoms with Gasteiger partial charge in [0.1, 0.15) is 5.41 Å². The number of fused-ring (bicyclic) bond motifs is 1. The second-order valence-corrected chi connectivity index (χ2v) is 6.20. The van der Waals surface area contributed by atoms with E-state index in [2.05, 4.69) is 4.98 Å². The summed E-state index contributed by atoms with van der Waals surface area (Å²) in [5, 5.41) is 9.69. The molecule has 3 rings (SSSR count). The maximum Gasteiger partial charge on any atom is 0.313 e. The van der Waals surface area contributed by atoms with E-state index >= 15 is 0 Å². The third-order valence-electron chi connectivity index (χ3n) is 4.78. The van der Waals surface area contributed by atoms with Crippen molar-refractivity contribution in [1.82, 2.24) is 14.8 Å². The zero-order chi connectivity index (χ0) is 15.9. The summed E-state index contributed by atoms with van der Waals surface area (Å²) in [5.41, 5.74) is -1.21. The van der Waals surface area contributed by atoms with E-state index < -0.39 is 23.1 Å². The van der Waals surface area contributed by atoms with Gasteiger partial charge in [-0.15, -0.1) is 0 Å². The average molecular weight is 307 g/mol. The monoisotopic (exact) mass is 307 g/mol. The van der Waals surface area contributed by atoms with Crippen LogP contribution in [0, 0.1) is 17.2 Å². The number of aliphatic carboxylic acids is 1. The van der Waals surface area contributed by atoms with Gasteiger partial charge in [0.25, 0.3) is 5.91 Å². The number of aromatic nitrogens is 1. The lowest BCUT2D eigenvalue weighted by atomic mass is 9.73. The summed E-state index contributed by atoms with van der Waals surface area (Å²) in [4.78, 5) is 31.5. The molecule has 0 saturated carbocycles. The first-order valence-corrected chi connectivity index (χ1v) is 7.26. The summed E-state index contributed by atoms with van der Waals surface area (Å²) in [6.07, 6.45) is 2.08. The summed E-state index contributed by atoms with van der Waals surface area (Å²) in [6.45, 7) is 1.66. The van der Waals surface area contributed by atoms with Crippen LogP contribution in [0.3, 0.4) is 0 Å². The number of likely N-dealkylation sites (tertiary alicyclic amines) is 2. The minimum Gasteiger partial charge on any atom is -0.481 e.